The lowest BCUT2D eigenvalue weighted by Gasteiger charge is -2.20. The van der Waals surface area contributed by atoms with Crippen LogP contribution in [0.3, 0.4) is 0 Å². The summed E-state index contributed by atoms with van der Waals surface area (Å²) in [6.07, 6.45) is 0.673. The molecule has 1 unspecified atom stereocenters. The number of hydrogen-bond donors (Lipinski definition) is 1. The fraction of sp³-hybridized carbons (Fsp3) is 0.174. The Morgan fingerprint density at radius 2 is 1.39 bits per heavy atom. The number of methoxy groups -OCH3 is 2. The van der Waals surface area contributed by atoms with Gasteiger partial charge in [-0.2, -0.15) is 0 Å². The number of nitrogens with one attached hydrogen (secondary N) is 1. The lowest BCUT2D eigenvalue weighted by molar-refractivity contribution is 0.0936. The van der Waals surface area contributed by atoms with Gasteiger partial charge in [-0.1, -0.05) is 24.3 Å². The molecule has 0 aliphatic rings. The molecule has 0 radical (unpaired) electrons. The van der Waals surface area contributed by atoms with Crippen molar-refractivity contribution >= 4 is 28.5 Å². The number of amides is 1. The third-order valence-electron chi connectivity index (χ3n) is 4.53. The first-order valence-corrected chi connectivity index (χ1v) is 10.00. The van der Waals surface area contributed by atoms with E-state index >= 15 is 0 Å². The van der Waals surface area contributed by atoms with Crippen molar-refractivity contribution in [2.45, 2.75) is 12.5 Å². The van der Waals surface area contributed by atoms with E-state index in [-0.39, 0.29) is 11.9 Å². The van der Waals surface area contributed by atoms with Crippen molar-refractivity contribution in [1.29, 1.82) is 0 Å². The molecule has 3 aromatic rings. The molecule has 1 atom stereocenters. The summed E-state index contributed by atoms with van der Waals surface area (Å²) in [6, 6.07) is 23.1. The summed E-state index contributed by atoms with van der Waals surface area (Å²) < 4.78 is 11.6. The zero-order valence-electron chi connectivity index (χ0n) is 15.8. The van der Waals surface area contributed by atoms with Crippen LogP contribution in [0.25, 0.3) is 0 Å². The minimum absolute atomic E-state index is 0.0919. The monoisotopic (exact) mass is 487 g/mol. The van der Waals surface area contributed by atoms with Gasteiger partial charge in [-0.05, 0) is 88.7 Å². The van der Waals surface area contributed by atoms with Gasteiger partial charge in [0.1, 0.15) is 11.5 Å². The Morgan fingerprint density at radius 1 is 0.857 bits per heavy atom. The Labute approximate surface area is 179 Å². The van der Waals surface area contributed by atoms with Gasteiger partial charge in [-0.25, -0.2) is 0 Å². The second kappa shape index (κ2) is 9.59. The molecule has 0 saturated carbocycles. The summed E-state index contributed by atoms with van der Waals surface area (Å²) in [5, 5.41) is 3.17. The van der Waals surface area contributed by atoms with E-state index < -0.39 is 0 Å². The van der Waals surface area contributed by atoms with Crippen molar-refractivity contribution < 1.29 is 14.3 Å². The van der Waals surface area contributed by atoms with Crippen molar-refractivity contribution in [2.24, 2.45) is 0 Å². The van der Waals surface area contributed by atoms with Gasteiger partial charge >= 0.3 is 0 Å². The molecule has 0 bridgehead atoms. The number of rotatable bonds is 7. The standard InChI is InChI=1S/C23H22INO3/c1-27-20-11-3-16(4-12-20)15-22(17-7-13-21(28-2)14-8-17)25-23(26)18-5-9-19(24)10-6-18/h3-14,22H,15H2,1-2H3,(H,25,26). The lowest BCUT2D eigenvalue weighted by Crippen LogP contribution is -2.30. The summed E-state index contributed by atoms with van der Waals surface area (Å²) in [6.45, 7) is 0. The Kier molecular flexibility index (Phi) is 6.92. The molecule has 28 heavy (non-hydrogen) atoms. The highest BCUT2D eigenvalue weighted by Crippen LogP contribution is 2.23. The van der Waals surface area contributed by atoms with E-state index in [0.29, 0.717) is 12.0 Å². The van der Waals surface area contributed by atoms with Gasteiger partial charge < -0.3 is 14.8 Å². The van der Waals surface area contributed by atoms with E-state index in [1.807, 2.05) is 72.8 Å². The van der Waals surface area contributed by atoms with Crippen molar-refractivity contribution in [3.05, 3.63) is 93.1 Å². The fourth-order valence-electron chi connectivity index (χ4n) is 2.93. The third-order valence-corrected chi connectivity index (χ3v) is 5.25. The largest absolute Gasteiger partial charge is 0.497 e. The number of benzene rings is 3. The van der Waals surface area contributed by atoms with Crippen LogP contribution >= 0.6 is 22.6 Å². The van der Waals surface area contributed by atoms with Gasteiger partial charge in [0, 0.05) is 9.13 Å². The van der Waals surface area contributed by atoms with Gasteiger partial charge in [0.25, 0.3) is 5.91 Å². The first kappa shape index (κ1) is 20.2. The molecule has 5 heteroatoms. The van der Waals surface area contributed by atoms with Gasteiger partial charge in [0.2, 0.25) is 0 Å². The first-order chi connectivity index (χ1) is 13.6. The number of ether oxygens (including phenoxy) is 2. The maximum absolute atomic E-state index is 12.8. The van der Waals surface area contributed by atoms with Crippen LogP contribution in [0.2, 0.25) is 0 Å². The number of halogens is 1. The molecule has 0 aliphatic heterocycles. The van der Waals surface area contributed by atoms with E-state index in [0.717, 1.165) is 26.2 Å². The SMILES string of the molecule is COc1ccc(CC(NC(=O)c2ccc(I)cc2)c2ccc(OC)cc2)cc1. The molecular weight excluding hydrogens is 465 g/mol. The molecule has 3 aromatic carbocycles. The molecule has 0 spiro atoms. The topological polar surface area (TPSA) is 47.6 Å². The minimum Gasteiger partial charge on any atom is -0.497 e. The van der Waals surface area contributed by atoms with Crippen LogP contribution in [0.4, 0.5) is 0 Å². The molecule has 144 valence electrons. The van der Waals surface area contributed by atoms with E-state index in [1.165, 1.54) is 0 Å². The first-order valence-electron chi connectivity index (χ1n) is 8.92. The molecule has 0 aromatic heterocycles. The smallest absolute Gasteiger partial charge is 0.251 e. The summed E-state index contributed by atoms with van der Waals surface area (Å²) >= 11 is 2.23. The Balaban J connectivity index is 1.83. The summed E-state index contributed by atoms with van der Waals surface area (Å²) in [5.74, 6) is 1.51. The Bertz CT molecular complexity index is 906. The van der Waals surface area contributed by atoms with Crippen molar-refractivity contribution in [3.63, 3.8) is 0 Å². The van der Waals surface area contributed by atoms with Gasteiger partial charge in [0.15, 0.2) is 0 Å². The molecule has 1 N–H and O–H groups in total. The molecule has 0 heterocycles. The van der Waals surface area contributed by atoms with Gasteiger partial charge in [0.05, 0.1) is 20.3 Å². The Morgan fingerprint density at radius 3 is 1.93 bits per heavy atom. The predicted molar refractivity (Wildman–Crippen MR) is 119 cm³/mol. The molecule has 3 rings (SSSR count). The van der Waals surface area contributed by atoms with E-state index in [9.17, 15) is 4.79 Å². The molecule has 0 fully saturated rings. The molecule has 1 amide bonds. The second-order valence-corrected chi connectivity index (χ2v) is 7.60. The van der Waals surface area contributed by atoms with Crippen LogP contribution in [-0.2, 0) is 6.42 Å². The number of carbonyl (C=O) groups is 1. The van der Waals surface area contributed by atoms with E-state index in [2.05, 4.69) is 27.9 Å². The van der Waals surface area contributed by atoms with Crippen LogP contribution in [0, 0.1) is 3.57 Å². The average Bonchev–Trinajstić information content (AvgIpc) is 2.74. The number of hydrogen-bond acceptors (Lipinski definition) is 3. The maximum atomic E-state index is 12.8. The fourth-order valence-corrected chi connectivity index (χ4v) is 3.29. The maximum Gasteiger partial charge on any atom is 0.251 e. The second-order valence-electron chi connectivity index (χ2n) is 6.36. The van der Waals surface area contributed by atoms with Crippen molar-refractivity contribution in [2.75, 3.05) is 14.2 Å². The predicted octanol–water partition coefficient (Wildman–Crippen LogP) is 5.02. The molecular formula is C23H22INO3. The zero-order chi connectivity index (χ0) is 19.9. The van der Waals surface area contributed by atoms with Crippen LogP contribution in [-0.4, -0.2) is 20.1 Å². The van der Waals surface area contributed by atoms with Crippen LogP contribution in [0.1, 0.15) is 27.5 Å². The third kappa shape index (κ3) is 5.25. The average molecular weight is 487 g/mol. The quantitative estimate of drug-likeness (QED) is 0.476. The summed E-state index contributed by atoms with van der Waals surface area (Å²) in [4.78, 5) is 12.8. The van der Waals surface area contributed by atoms with Gasteiger partial charge in [-0.15, -0.1) is 0 Å². The molecule has 4 nitrogen and oxygen atoms in total. The van der Waals surface area contributed by atoms with E-state index in [4.69, 9.17) is 9.47 Å². The highest BCUT2D eigenvalue weighted by atomic mass is 127. The van der Waals surface area contributed by atoms with Crippen LogP contribution in [0.15, 0.2) is 72.8 Å². The number of carbonyl (C=O) groups excluding carboxylic acids is 1. The molecule has 0 saturated heterocycles. The summed E-state index contributed by atoms with van der Waals surface area (Å²) in [5.41, 5.74) is 2.79. The zero-order valence-corrected chi connectivity index (χ0v) is 18.0. The lowest BCUT2D eigenvalue weighted by atomic mass is 9.98. The van der Waals surface area contributed by atoms with E-state index in [1.54, 1.807) is 14.2 Å². The van der Waals surface area contributed by atoms with Crippen molar-refractivity contribution in [1.82, 2.24) is 5.32 Å². The molecule has 0 aliphatic carbocycles. The highest BCUT2D eigenvalue weighted by Gasteiger charge is 2.17. The van der Waals surface area contributed by atoms with Crippen LogP contribution in [0.5, 0.6) is 11.5 Å². The van der Waals surface area contributed by atoms with Crippen LogP contribution < -0.4 is 14.8 Å². The highest BCUT2D eigenvalue weighted by molar-refractivity contribution is 14.1. The van der Waals surface area contributed by atoms with Crippen molar-refractivity contribution in [3.8, 4) is 11.5 Å². The van der Waals surface area contributed by atoms with Gasteiger partial charge in [-0.3, -0.25) is 4.79 Å². The summed E-state index contributed by atoms with van der Waals surface area (Å²) in [7, 11) is 3.29. The normalized spacial score (nSPS) is 11.5. The minimum atomic E-state index is -0.161. The Hall–Kier alpha value is -2.54.